The molecule has 2 nitrogen and oxygen atoms in total. The van der Waals surface area contributed by atoms with Gasteiger partial charge in [0.1, 0.15) is 0 Å². The van der Waals surface area contributed by atoms with Gasteiger partial charge in [0.2, 0.25) is 0 Å². The molecule has 1 fully saturated rings. The number of rotatable bonds is 7. The Bertz CT molecular complexity index is 304. The summed E-state index contributed by atoms with van der Waals surface area (Å²) in [5, 5.41) is 5.61. The summed E-state index contributed by atoms with van der Waals surface area (Å²) in [5.41, 5.74) is 0. The van der Waals surface area contributed by atoms with E-state index in [9.17, 15) is 0 Å². The van der Waals surface area contributed by atoms with Crippen molar-refractivity contribution in [1.82, 2.24) is 10.2 Å². The average Bonchev–Trinajstić information content (AvgIpc) is 2.91. The molecule has 1 aromatic rings. The van der Waals surface area contributed by atoms with E-state index in [2.05, 4.69) is 34.8 Å². The molecule has 0 aromatic carbocycles. The molecular weight excluding hydrogens is 240 g/mol. The highest BCUT2D eigenvalue weighted by atomic mass is 32.1. The fraction of sp³-hybridized carbons (Fsp3) is 0.733. The van der Waals surface area contributed by atoms with Gasteiger partial charge in [0.05, 0.1) is 0 Å². The molecule has 0 radical (unpaired) electrons. The minimum Gasteiger partial charge on any atom is -0.317 e. The first-order valence-corrected chi connectivity index (χ1v) is 8.14. The summed E-state index contributed by atoms with van der Waals surface area (Å²) in [6, 6.07) is 4.39. The largest absolute Gasteiger partial charge is 0.317 e. The van der Waals surface area contributed by atoms with Gasteiger partial charge in [-0.3, -0.25) is 0 Å². The number of likely N-dealkylation sites (N-methyl/N-ethyl adjacent to an activating group) is 1. The number of hydrogen-bond donors (Lipinski definition) is 1. The molecule has 1 saturated heterocycles. The molecule has 1 N–H and O–H groups in total. The topological polar surface area (TPSA) is 15.3 Å². The third-order valence-corrected chi connectivity index (χ3v) is 4.87. The number of hydrogen-bond acceptors (Lipinski definition) is 3. The fourth-order valence-corrected chi connectivity index (χ4v) is 3.39. The van der Waals surface area contributed by atoms with Crippen LogP contribution >= 0.6 is 11.3 Å². The van der Waals surface area contributed by atoms with Gasteiger partial charge in [-0.1, -0.05) is 6.07 Å². The standard InChI is InChI=1S/C15H26N2S/c1-17(12-8-15-5-3-13-18-15)11-2-4-14-6-9-16-10-7-14/h3,5,13-14,16H,2,4,6-12H2,1H3. The summed E-state index contributed by atoms with van der Waals surface area (Å²) < 4.78 is 0. The van der Waals surface area contributed by atoms with Crippen LogP contribution in [0.25, 0.3) is 0 Å². The summed E-state index contributed by atoms with van der Waals surface area (Å²) in [6.07, 6.45) is 6.77. The van der Waals surface area contributed by atoms with Gasteiger partial charge in [-0.2, -0.15) is 0 Å². The molecule has 102 valence electrons. The molecule has 0 unspecified atom stereocenters. The Kier molecular flexibility index (Phi) is 6.18. The van der Waals surface area contributed by atoms with Crippen molar-refractivity contribution in [3.05, 3.63) is 22.4 Å². The molecule has 18 heavy (non-hydrogen) atoms. The quantitative estimate of drug-likeness (QED) is 0.816. The third kappa shape index (κ3) is 5.09. The number of nitrogens with zero attached hydrogens (tertiary/aromatic N) is 1. The molecule has 2 heterocycles. The molecule has 0 atom stereocenters. The van der Waals surface area contributed by atoms with Crippen molar-refractivity contribution >= 4 is 11.3 Å². The summed E-state index contributed by atoms with van der Waals surface area (Å²) in [6.45, 7) is 4.93. The Morgan fingerprint density at radius 1 is 1.33 bits per heavy atom. The lowest BCUT2D eigenvalue weighted by Crippen LogP contribution is -2.28. The van der Waals surface area contributed by atoms with Gasteiger partial charge in [0.25, 0.3) is 0 Å². The van der Waals surface area contributed by atoms with Crippen LogP contribution in [0.3, 0.4) is 0 Å². The summed E-state index contributed by atoms with van der Waals surface area (Å²) in [7, 11) is 2.26. The van der Waals surface area contributed by atoms with Gasteiger partial charge in [-0.05, 0) is 76.2 Å². The zero-order valence-corrected chi connectivity index (χ0v) is 12.3. The lowest BCUT2D eigenvalue weighted by Gasteiger charge is -2.23. The highest BCUT2D eigenvalue weighted by Crippen LogP contribution is 2.17. The van der Waals surface area contributed by atoms with Gasteiger partial charge < -0.3 is 10.2 Å². The molecule has 1 aliphatic heterocycles. The number of piperidine rings is 1. The van der Waals surface area contributed by atoms with Crippen LogP contribution in [-0.2, 0) is 6.42 Å². The zero-order chi connectivity index (χ0) is 12.6. The molecule has 3 heteroatoms. The molecular formula is C15H26N2S. The van der Waals surface area contributed by atoms with Crippen molar-refractivity contribution in [3.63, 3.8) is 0 Å². The van der Waals surface area contributed by atoms with Crippen LogP contribution < -0.4 is 5.32 Å². The van der Waals surface area contributed by atoms with E-state index in [0.717, 1.165) is 5.92 Å². The Hall–Kier alpha value is -0.380. The van der Waals surface area contributed by atoms with Crippen molar-refractivity contribution in [2.75, 3.05) is 33.2 Å². The van der Waals surface area contributed by atoms with E-state index < -0.39 is 0 Å². The molecule has 0 saturated carbocycles. The fourth-order valence-electron chi connectivity index (χ4n) is 2.69. The van der Waals surface area contributed by atoms with E-state index in [1.165, 1.54) is 63.2 Å². The Morgan fingerprint density at radius 2 is 2.17 bits per heavy atom. The van der Waals surface area contributed by atoms with Crippen molar-refractivity contribution < 1.29 is 0 Å². The lowest BCUT2D eigenvalue weighted by atomic mass is 9.93. The summed E-state index contributed by atoms with van der Waals surface area (Å²) >= 11 is 1.88. The maximum absolute atomic E-state index is 3.44. The second-order valence-electron chi connectivity index (χ2n) is 5.47. The first-order chi connectivity index (χ1) is 8.84. The van der Waals surface area contributed by atoms with Gasteiger partial charge in [-0.25, -0.2) is 0 Å². The van der Waals surface area contributed by atoms with Crippen LogP contribution in [0, 0.1) is 5.92 Å². The second-order valence-corrected chi connectivity index (χ2v) is 6.50. The normalized spacial score (nSPS) is 17.4. The smallest absolute Gasteiger partial charge is 0.00579 e. The first kappa shape index (κ1) is 14.0. The number of thiophene rings is 1. The van der Waals surface area contributed by atoms with Crippen LogP contribution in [0.2, 0.25) is 0 Å². The molecule has 0 spiro atoms. The maximum atomic E-state index is 3.44. The molecule has 1 aromatic heterocycles. The number of nitrogens with one attached hydrogen (secondary N) is 1. The minimum atomic E-state index is 0.983. The SMILES string of the molecule is CN(CCCC1CCNCC1)CCc1cccs1. The third-order valence-electron chi connectivity index (χ3n) is 3.93. The van der Waals surface area contributed by atoms with Crippen LogP contribution in [0.5, 0.6) is 0 Å². The second kappa shape index (κ2) is 7.93. The zero-order valence-electron chi connectivity index (χ0n) is 11.5. The highest BCUT2D eigenvalue weighted by Gasteiger charge is 2.12. The van der Waals surface area contributed by atoms with Crippen molar-refractivity contribution in [3.8, 4) is 0 Å². The Labute approximate surface area is 115 Å². The van der Waals surface area contributed by atoms with Gasteiger partial charge in [-0.15, -0.1) is 11.3 Å². The minimum absolute atomic E-state index is 0.983. The van der Waals surface area contributed by atoms with E-state index in [0.29, 0.717) is 0 Å². The van der Waals surface area contributed by atoms with Crippen LogP contribution in [0.15, 0.2) is 17.5 Å². The molecule has 1 aliphatic rings. The molecule has 0 amide bonds. The molecule has 2 rings (SSSR count). The van der Waals surface area contributed by atoms with Crippen molar-refractivity contribution in [2.45, 2.75) is 32.1 Å². The Morgan fingerprint density at radius 3 is 2.89 bits per heavy atom. The van der Waals surface area contributed by atoms with Crippen LogP contribution in [0.4, 0.5) is 0 Å². The van der Waals surface area contributed by atoms with Crippen molar-refractivity contribution in [2.24, 2.45) is 5.92 Å². The van der Waals surface area contributed by atoms with Gasteiger partial charge >= 0.3 is 0 Å². The van der Waals surface area contributed by atoms with Gasteiger partial charge in [0.15, 0.2) is 0 Å². The van der Waals surface area contributed by atoms with E-state index in [4.69, 9.17) is 0 Å². The lowest BCUT2D eigenvalue weighted by molar-refractivity contribution is 0.293. The van der Waals surface area contributed by atoms with Gasteiger partial charge in [0, 0.05) is 11.4 Å². The monoisotopic (exact) mass is 266 g/mol. The van der Waals surface area contributed by atoms with Crippen LogP contribution in [0.1, 0.15) is 30.6 Å². The maximum Gasteiger partial charge on any atom is 0.00579 e. The predicted molar refractivity (Wildman–Crippen MR) is 80.3 cm³/mol. The molecule has 0 aliphatic carbocycles. The van der Waals surface area contributed by atoms with E-state index >= 15 is 0 Å². The summed E-state index contributed by atoms with van der Waals surface area (Å²) in [5.74, 6) is 0.983. The van der Waals surface area contributed by atoms with Crippen LogP contribution in [-0.4, -0.2) is 38.1 Å². The van der Waals surface area contributed by atoms with E-state index in [-0.39, 0.29) is 0 Å². The van der Waals surface area contributed by atoms with E-state index in [1.54, 1.807) is 0 Å². The first-order valence-electron chi connectivity index (χ1n) is 7.26. The Balaban J connectivity index is 1.52. The summed E-state index contributed by atoms with van der Waals surface area (Å²) in [4.78, 5) is 4.00. The average molecular weight is 266 g/mol. The highest BCUT2D eigenvalue weighted by molar-refractivity contribution is 7.09. The van der Waals surface area contributed by atoms with Crippen molar-refractivity contribution in [1.29, 1.82) is 0 Å². The molecule has 0 bridgehead atoms. The predicted octanol–water partition coefficient (Wildman–Crippen LogP) is 3.00. The van der Waals surface area contributed by atoms with E-state index in [1.807, 2.05) is 11.3 Å².